The molecule has 2 heterocycles. The number of piperidine rings is 1. The average Bonchev–Trinajstić information content (AvgIpc) is 3.16. The number of amides is 1. The molecule has 6 nitrogen and oxygen atoms in total. The van der Waals surface area contributed by atoms with E-state index < -0.39 is 5.79 Å². The molecule has 0 bridgehead atoms. The number of para-hydroxylation sites is 3. The van der Waals surface area contributed by atoms with Crippen LogP contribution in [0.2, 0.25) is 0 Å². The number of likely N-dealkylation sites (tertiary alicyclic amines) is 1. The second-order valence-corrected chi connectivity index (χ2v) is 6.75. The van der Waals surface area contributed by atoms with Gasteiger partial charge < -0.3 is 24.4 Å². The topological polar surface area (TPSA) is 60.0 Å². The standard InChI is InChI=1S/C21H24N2O4/c24-20(23-12-10-21(11-13-23)25-14-15-26-21)16-22-18-8-4-5-9-19(18)27-17-6-2-1-3-7-17/h1-9,22H,10-16H2. The van der Waals surface area contributed by atoms with Crippen LogP contribution in [0, 0.1) is 0 Å². The highest BCUT2D eigenvalue weighted by atomic mass is 16.7. The molecule has 2 aliphatic rings. The largest absolute Gasteiger partial charge is 0.455 e. The molecule has 1 amide bonds. The van der Waals surface area contributed by atoms with Crippen LogP contribution in [0.3, 0.4) is 0 Å². The third-order valence-electron chi connectivity index (χ3n) is 4.98. The third kappa shape index (κ3) is 4.23. The van der Waals surface area contributed by atoms with Gasteiger partial charge in [0.25, 0.3) is 0 Å². The SMILES string of the molecule is O=C(CNc1ccccc1Oc1ccccc1)N1CCC2(CC1)OCCO2. The van der Waals surface area contributed by atoms with Crippen molar-refractivity contribution in [3.05, 3.63) is 54.6 Å². The van der Waals surface area contributed by atoms with Gasteiger partial charge >= 0.3 is 0 Å². The molecule has 0 unspecified atom stereocenters. The first-order valence-corrected chi connectivity index (χ1v) is 9.36. The number of benzene rings is 2. The van der Waals surface area contributed by atoms with Crippen molar-refractivity contribution in [2.75, 3.05) is 38.2 Å². The first-order chi connectivity index (χ1) is 13.2. The predicted octanol–water partition coefficient (Wildman–Crippen LogP) is 3.26. The maximum Gasteiger partial charge on any atom is 0.241 e. The van der Waals surface area contributed by atoms with E-state index in [0.717, 1.165) is 24.3 Å². The third-order valence-corrected chi connectivity index (χ3v) is 4.98. The summed E-state index contributed by atoms with van der Waals surface area (Å²) in [5.41, 5.74) is 0.797. The van der Waals surface area contributed by atoms with Gasteiger partial charge in [-0.3, -0.25) is 4.79 Å². The van der Waals surface area contributed by atoms with E-state index in [0.29, 0.717) is 32.1 Å². The Labute approximate surface area is 159 Å². The molecule has 6 heteroatoms. The molecule has 27 heavy (non-hydrogen) atoms. The summed E-state index contributed by atoms with van der Waals surface area (Å²) in [6.45, 7) is 2.83. The van der Waals surface area contributed by atoms with Crippen molar-refractivity contribution in [3.8, 4) is 11.5 Å². The Morgan fingerprint density at radius 2 is 1.67 bits per heavy atom. The molecule has 142 valence electrons. The molecule has 2 fully saturated rings. The number of carbonyl (C=O) groups is 1. The smallest absolute Gasteiger partial charge is 0.241 e. The zero-order valence-electron chi connectivity index (χ0n) is 15.2. The zero-order chi connectivity index (χ0) is 18.5. The first-order valence-electron chi connectivity index (χ1n) is 9.36. The summed E-state index contributed by atoms with van der Waals surface area (Å²) in [5, 5.41) is 3.21. The molecular weight excluding hydrogens is 344 g/mol. The van der Waals surface area contributed by atoms with E-state index in [2.05, 4.69) is 5.32 Å². The summed E-state index contributed by atoms with van der Waals surface area (Å²) in [4.78, 5) is 14.5. The molecule has 0 saturated carbocycles. The molecule has 1 spiro atoms. The van der Waals surface area contributed by atoms with Gasteiger partial charge in [-0.15, -0.1) is 0 Å². The van der Waals surface area contributed by atoms with Crippen molar-refractivity contribution in [2.24, 2.45) is 0 Å². The van der Waals surface area contributed by atoms with E-state index in [-0.39, 0.29) is 12.5 Å². The first kappa shape index (κ1) is 17.8. The van der Waals surface area contributed by atoms with Crippen LogP contribution in [0.25, 0.3) is 0 Å². The summed E-state index contributed by atoms with van der Waals surface area (Å²) in [6, 6.07) is 17.2. The number of ether oxygens (including phenoxy) is 3. The van der Waals surface area contributed by atoms with Crippen LogP contribution < -0.4 is 10.1 Å². The van der Waals surface area contributed by atoms with Gasteiger partial charge in [-0.1, -0.05) is 30.3 Å². The van der Waals surface area contributed by atoms with E-state index in [1.807, 2.05) is 59.5 Å². The lowest BCUT2D eigenvalue weighted by Crippen LogP contribution is -2.48. The molecule has 0 aromatic heterocycles. The van der Waals surface area contributed by atoms with Crippen LogP contribution >= 0.6 is 0 Å². The molecule has 4 rings (SSSR count). The van der Waals surface area contributed by atoms with E-state index in [9.17, 15) is 4.79 Å². The van der Waals surface area contributed by atoms with Crippen molar-refractivity contribution in [2.45, 2.75) is 18.6 Å². The molecule has 2 saturated heterocycles. The van der Waals surface area contributed by atoms with Gasteiger partial charge in [-0.05, 0) is 24.3 Å². The number of nitrogens with zero attached hydrogens (tertiary/aromatic N) is 1. The second-order valence-electron chi connectivity index (χ2n) is 6.75. The van der Waals surface area contributed by atoms with E-state index >= 15 is 0 Å². The lowest BCUT2D eigenvalue weighted by atomic mass is 10.0. The van der Waals surface area contributed by atoms with Gasteiger partial charge in [-0.25, -0.2) is 0 Å². The fourth-order valence-corrected chi connectivity index (χ4v) is 3.48. The second kappa shape index (κ2) is 7.98. The minimum Gasteiger partial charge on any atom is -0.455 e. The molecule has 0 atom stereocenters. The Balaban J connectivity index is 1.33. The Kier molecular flexibility index (Phi) is 5.27. The molecular formula is C21H24N2O4. The Morgan fingerprint density at radius 1 is 1.00 bits per heavy atom. The van der Waals surface area contributed by atoms with Gasteiger partial charge in [0.05, 0.1) is 25.4 Å². The minimum atomic E-state index is -0.458. The van der Waals surface area contributed by atoms with Crippen LogP contribution in [0.1, 0.15) is 12.8 Å². The highest BCUT2D eigenvalue weighted by Gasteiger charge is 2.40. The van der Waals surface area contributed by atoms with Crippen LogP contribution in [-0.2, 0) is 14.3 Å². The van der Waals surface area contributed by atoms with Gasteiger partial charge in [0.2, 0.25) is 5.91 Å². The van der Waals surface area contributed by atoms with Gasteiger partial charge in [0.1, 0.15) is 5.75 Å². The van der Waals surface area contributed by atoms with Crippen molar-refractivity contribution in [1.82, 2.24) is 4.90 Å². The lowest BCUT2D eigenvalue weighted by molar-refractivity contribution is -0.187. The van der Waals surface area contributed by atoms with Crippen LogP contribution in [0.15, 0.2) is 54.6 Å². The number of hydrogen-bond acceptors (Lipinski definition) is 5. The van der Waals surface area contributed by atoms with E-state index in [1.54, 1.807) is 0 Å². The van der Waals surface area contributed by atoms with Crippen LogP contribution in [0.4, 0.5) is 5.69 Å². The van der Waals surface area contributed by atoms with Gasteiger partial charge in [0.15, 0.2) is 11.5 Å². The normalized spacial score (nSPS) is 18.4. The van der Waals surface area contributed by atoms with Crippen molar-refractivity contribution >= 4 is 11.6 Å². The highest BCUT2D eigenvalue weighted by Crippen LogP contribution is 2.32. The van der Waals surface area contributed by atoms with Crippen molar-refractivity contribution in [3.63, 3.8) is 0 Å². The maximum atomic E-state index is 12.6. The molecule has 2 aromatic rings. The van der Waals surface area contributed by atoms with Crippen molar-refractivity contribution in [1.29, 1.82) is 0 Å². The van der Waals surface area contributed by atoms with Gasteiger partial charge in [0, 0.05) is 25.9 Å². The van der Waals surface area contributed by atoms with E-state index in [1.165, 1.54) is 0 Å². The van der Waals surface area contributed by atoms with Gasteiger partial charge in [-0.2, -0.15) is 0 Å². The zero-order valence-corrected chi connectivity index (χ0v) is 15.2. The lowest BCUT2D eigenvalue weighted by Gasteiger charge is -2.37. The monoisotopic (exact) mass is 368 g/mol. The highest BCUT2D eigenvalue weighted by molar-refractivity contribution is 5.81. The molecule has 2 aliphatic heterocycles. The summed E-state index contributed by atoms with van der Waals surface area (Å²) in [6.07, 6.45) is 1.46. The van der Waals surface area contributed by atoms with E-state index in [4.69, 9.17) is 14.2 Å². The van der Waals surface area contributed by atoms with Crippen molar-refractivity contribution < 1.29 is 19.0 Å². The summed E-state index contributed by atoms with van der Waals surface area (Å²) >= 11 is 0. The Morgan fingerprint density at radius 3 is 2.41 bits per heavy atom. The Hall–Kier alpha value is -2.57. The molecule has 0 radical (unpaired) electrons. The summed E-state index contributed by atoms with van der Waals surface area (Å²) in [5.74, 6) is 1.07. The number of carbonyl (C=O) groups excluding carboxylic acids is 1. The molecule has 0 aliphatic carbocycles. The van der Waals surface area contributed by atoms with Crippen LogP contribution in [-0.4, -0.2) is 49.4 Å². The summed E-state index contributed by atoms with van der Waals surface area (Å²) < 4.78 is 17.4. The number of anilines is 1. The fraction of sp³-hybridized carbons (Fsp3) is 0.381. The molecule has 2 aromatic carbocycles. The maximum absolute atomic E-state index is 12.6. The number of hydrogen-bond donors (Lipinski definition) is 1. The number of rotatable bonds is 5. The number of nitrogens with one attached hydrogen (secondary N) is 1. The molecule has 1 N–H and O–H groups in total. The average molecular weight is 368 g/mol. The van der Waals surface area contributed by atoms with Crippen LogP contribution in [0.5, 0.6) is 11.5 Å². The quantitative estimate of drug-likeness (QED) is 0.878. The Bertz CT molecular complexity index is 765. The minimum absolute atomic E-state index is 0.0670. The summed E-state index contributed by atoms with van der Waals surface area (Å²) in [7, 11) is 0. The fourth-order valence-electron chi connectivity index (χ4n) is 3.48. The predicted molar refractivity (Wildman–Crippen MR) is 102 cm³/mol.